The number of hydrogen-bond donors (Lipinski definition) is 0. The molecule has 2 heterocycles. The summed E-state index contributed by atoms with van der Waals surface area (Å²) >= 11 is 0. The van der Waals surface area contributed by atoms with Crippen LogP contribution in [0.5, 0.6) is 0 Å². The third kappa shape index (κ3) is 1.27. The number of likely N-dealkylation sites (tertiary alicyclic amines) is 1. The van der Waals surface area contributed by atoms with Crippen molar-refractivity contribution in [3.05, 3.63) is 35.8 Å². The highest BCUT2D eigenvalue weighted by molar-refractivity contribution is 5.96. The molecule has 22 heavy (non-hydrogen) atoms. The van der Waals surface area contributed by atoms with E-state index in [0.717, 1.165) is 30.9 Å². The van der Waals surface area contributed by atoms with E-state index in [2.05, 4.69) is 24.1 Å². The van der Waals surface area contributed by atoms with Gasteiger partial charge in [0.15, 0.2) is 17.6 Å². The summed E-state index contributed by atoms with van der Waals surface area (Å²) in [4.78, 5) is 15.0. The molecule has 5 aliphatic rings. The Bertz CT molecular complexity index is 649. The van der Waals surface area contributed by atoms with Gasteiger partial charge in [0.1, 0.15) is 5.76 Å². The summed E-state index contributed by atoms with van der Waals surface area (Å²) in [6, 6.07) is 0.513. The molecule has 0 aromatic rings. The van der Waals surface area contributed by atoms with Crippen LogP contribution in [0.25, 0.3) is 0 Å². The van der Waals surface area contributed by atoms with Crippen molar-refractivity contribution < 1.29 is 14.3 Å². The number of carbonyl (C=O) groups is 1. The number of nitrogens with zero attached hydrogens (tertiary/aromatic N) is 1. The van der Waals surface area contributed by atoms with E-state index in [1.54, 1.807) is 13.2 Å². The van der Waals surface area contributed by atoms with Crippen LogP contribution in [-0.2, 0) is 14.3 Å². The first-order valence-electron chi connectivity index (χ1n) is 8.22. The Balaban J connectivity index is 1.75. The van der Waals surface area contributed by atoms with Crippen LogP contribution in [0, 0.1) is 23.2 Å². The van der Waals surface area contributed by atoms with Gasteiger partial charge in [-0.05, 0) is 44.5 Å². The molecule has 2 unspecified atom stereocenters. The fourth-order valence-electron chi connectivity index (χ4n) is 5.83. The van der Waals surface area contributed by atoms with Gasteiger partial charge in [-0.15, -0.1) is 0 Å². The zero-order valence-electron chi connectivity index (χ0n) is 13.0. The molecule has 1 saturated carbocycles. The van der Waals surface area contributed by atoms with Gasteiger partial charge < -0.3 is 14.4 Å². The van der Waals surface area contributed by atoms with Crippen LogP contribution in [0.1, 0.15) is 12.8 Å². The highest BCUT2D eigenvalue weighted by Gasteiger charge is 2.69. The molecule has 5 rings (SSSR count). The Labute approximate surface area is 130 Å². The van der Waals surface area contributed by atoms with Crippen molar-refractivity contribution in [3.8, 4) is 0 Å². The van der Waals surface area contributed by atoms with E-state index in [-0.39, 0.29) is 17.3 Å². The van der Waals surface area contributed by atoms with E-state index in [1.165, 1.54) is 0 Å². The molecule has 6 atom stereocenters. The first kappa shape index (κ1) is 12.9. The van der Waals surface area contributed by atoms with E-state index in [9.17, 15) is 4.79 Å². The molecule has 0 N–H and O–H groups in total. The van der Waals surface area contributed by atoms with Crippen molar-refractivity contribution >= 4 is 5.78 Å². The van der Waals surface area contributed by atoms with Crippen LogP contribution < -0.4 is 0 Å². The van der Waals surface area contributed by atoms with Gasteiger partial charge >= 0.3 is 0 Å². The molecule has 1 spiro atoms. The van der Waals surface area contributed by atoms with Crippen LogP contribution >= 0.6 is 0 Å². The predicted molar refractivity (Wildman–Crippen MR) is 80.8 cm³/mol. The number of ether oxygens (including phenoxy) is 2. The quantitative estimate of drug-likeness (QED) is 0.741. The van der Waals surface area contributed by atoms with Crippen molar-refractivity contribution in [1.82, 2.24) is 4.90 Å². The Morgan fingerprint density at radius 1 is 1.36 bits per heavy atom. The van der Waals surface area contributed by atoms with E-state index < -0.39 is 0 Å². The highest BCUT2D eigenvalue weighted by Crippen LogP contribution is 2.66. The van der Waals surface area contributed by atoms with Crippen LogP contribution in [0.2, 0.25) is 0 Å². The second kappa shape index (κ2) is 4.05. The number of hydrogen-bond acceptors (Lipinski definition) is 4. The Morgan fingerprint density at radius 3 is 3.05 bits per heavy atom. The smallest absolute Gasteiger partial charge is 0.196 e. The fraction of sp³-hybridized carbons (Fsp3) is 0.611. The maximum Gasteiger partial charge on any atom is 0.196 e. The molecule has 0 radical (unpaired) electrons. The van der Waals surface area contributed by atoms with Crippen LogP contribution in [0.3, 0.4) is 0 Å². The van der Waals surface area contributed by atoms with Crippen LogP contribution in [-0.4, -0.2) is 43.5 Å². The fourth-order valence-corrected chi connectivity index (χ4v) is 5.83. The lowest BCUT2D eigenvalue weighted by molar-refractivity contribution is -0.140. The molecule has 4 heteroatoms. The molecule has 3 aliphatic carbocycles. The summed E-state index contributed by atoms with van der Waals surface area (Å²) in [6.07, 6.45) is 10.1. The molecule has 116 valence electrons. The van der Waals surface area contributed by atoms with Crippen molar-refractivity contribution in [2.45, 2.75) is 25.0 Å². The topological polar surface area (TPSA) is 38.8 Å². The SMILES string of the molecule is COC1=C2O[C@@H]3C(=O)C=C[C@H]4[C@H]5CC(C=C1)C2[C@@]34CCN5C. The molecule has 3 fully saturated rings. The average Bonchev–Trinajstić information content (AvgIpc) is 2.88. The normalized spacial score (nSPS) is 48.3. The maximum absolute atomic E-state index is 12.6. The standard InChI is InChI=1S/C18H21NO3/c1-19-8-7-18-11-4-5-13(20)17(18)22-16-14(21-2)6-3-10(15(16)18)9-12(11)19/h3-6,10-12,15,17H,7-9H2,1-2H3/t10?,11-,12+,15?,17+,18-/m0/s1. The van der Waals surface area contributed by atoms with Gasteiger partial charge in [-0.2, -0.15) is 0 Å². The van der Waals surface area contributed by atoms with Crippen molar-refractivity contribution in [2.75, 3.05) is 20.7 Å². The second-order valence-corrected chi connectivity index (χ2v) is 7.36. The minimum Gasteiger partial charge on any atom is -0.493 e. The Kier molecular flexibility index (Phi) is 2.38. The van der Waals surface area contributed by atoms with Gasteiger partial charge in [0.05, 0.1) is 7.11 Å². The predicted octanol–water partition coefficient (Wildman–Crippen LogP) is 1.89. The van der Waals surface area contributed by atoms with Crippen molar-refractivity contribution in [3.63, 3.8) is 0 Å². The van der Waals surface area contributed by atoms with Gasteiger partial charge in [0, 0.05) is 23.3 Å². The molecular weight excluding hydrogens is 278 g/mol. The molecule has 0 amide bonds. The number of methoxy groups -OCH3 is 1. The maximum atomic E-state index is 12.6. The van der Waals surface area contributed by atoms with Crippen LogP contribution in [0.15, 0.2) is 35.8 Å². The number of piperidine rings is 1. The van der Waals surface area contributed by atoms with Crippen molar-refractivity contribution in [2.24, 2.45) is 23.2 Å². The Morgan fingerprint density at radius 2 is 2.23 bits per heavy atom. The van der Waals surface area contributed by atoms with Gasteiger partial charge in [-0.25, -0.2) is 0 Å². The summed E-state index contributed by atoms with van der Waals surface area (Å²) in [6.45, 7) is 1.05. The molecule has 2 bridgehead atoms. The van der Waals surface area contributed by atoms with Crippen LogP contribution in [0.4, 0.5) is 0 Å². The monoisotopic (exact) mass is 299 g/mol. The highest BCUT2D eigenvalue weighted by atomic mass is 16.5. The van der Waals surface area contributed by atoms with E-state index in [1.807, 2.05) is 6.08 Å². The number of rotatable bonds is 1. The zero-order valence-corrected chi connectivity index (χ0v) is 13.0. The van der Waals surface area contributed by atoms with E-state index in [0.29, 0.717) is 23.8 Å². The molecule has 2 aliphatic heterocycles. The summed E-state index contributed by atoms with van der Waals surface area (Å²) in [5.74, 6) is 3.07. The van der Waals surface area contributed by atoms with Gasteiger partial charge in [-0.3, -0.25) is 4.79 Å². The molecule has 0 aromatic carbocycles. The second-order valence-electron chi connectivity index (χ2n) is 7.36. The van der Waals surface area contributed by atoms with Gasteiger partial charge in [-0.1, -0.05) is 12.2 Å². The number of allylic oxidation sites excluding steroid dienone is 3. The molecule has 4 nitrogen and oxygen atoms in total. The largest absolute Gasteiger partial charge is 0.493 e. The average molecular weight is 299 g/mol. The molecule has 2 saturated heterocycles. The molecular formula is C18H21NO3. The minimum atomic E-state index is -0.313. The summed E-state index contributed by atoms with van der Waals surface area (Å²) in [5.41, 5.74) is -0.0597. The zero-order chi connectivity index (χ0) is 15.1. The van der Waals surface area contributed by atoms with Gasteiger partial charge in [0.2, 0.25) is 0 Å². The minimum absolute atomic E-state index is 0.0597. The van der Waals surface area contributed by atoms with E-state index >= 15 is 0 Å². The van der Waals surface area contributed by atoms with E-state index in [4.69, 9.17) is 9.47 Å². The Hall–Kier alpha value is -1.55. The lowest BCUT2D eigenvalue weighted by Gasteiger charge is -2.59. The number of ketones is 1. The first-order valence-corrected chi connectivity index (χ1v) is 8.22. The summed E-state index contributed by atoms with van der Waals surface area (Å²) in [5, 5.41) is 0. The lowest BCUT2D eigenvalue weighted by Crippen LogP contribution is -2.64. The lowest BCUT2D eigenvalue weighted by atomic mass is 9.48. The third-order valence-electron chi connectivity index (χ3n) is 6.72. The summed E-state index contributed by atoms with van der Waals surface area (Å²) < 4.78 is 11.8. The molecule has 0 aromatic heterocycles. The number of carbonyl (C=O) groups excluding carboxylic acids is 1. The first-order chi connectivity index (χ1) is 10.7. The summed E-state index contributed by atoms with van der Waals surface area (Å²) in [7, 11) is 3.91. The third-order valence-corrected chi connectivity index (χ3v) is 6.72. The van der Waals surface area contributed by atoms with Crippen molar-refractivity contribution in [1.29, 1.82) is 0 Å². The van der Waals surface area contributed by atoms with Gasteiger partial charge in [0.25, 0.3) is 0 Å².